The summed E-state index contributed by atoms with van der Waals surface area (Å²) in [5, 5.41) is 4.31. The minimum absolute atomic E-state index is 0.0728. The zero-order chi connectivity index (χ0) is 15.3. The predicted octanol–water partition coefficient (Wildman–Crippen LogP) is 1.68. The van der Waals surface area contributed by atoms with Crippen molar-refractivity contribution in [2.24, 2.45) is 0 Å². The van der Waals surface area contributed by atoms with E-state index in [4.69, 9.17) is 10.5 Å². The molecule has 0 aliphatic carbocycles. The average Bonchev–Trinajstić information content (AvgIpc) is 2.73. The van der Waals surface area contributed by atoms with Crippen molar-refractivity contribution in [3.8, 4) is 0 Å². The highest BCUT2D eigenvalue weighted by Gasteiger charge is 2.26. The number of carbonyl (C=O) groups is 1. The van der Waals surface area contributed by atoms with E-state index < -0.39 is 0 Å². The van der Waals surface area contributed by atoms with Crippen LogP contribution in [0.5, 0.6) is 0 Å². The van der Waals surface area contributed by atoms with Gasteiger partial charge in [-0.05, 0) is 27.2 Å². The van der Waals surface area contributed by atoms with E-state index in [0.29, 0.717) is 36.8 Å². The van der Waals surface area contributed by atoms with Gasteiger partial charge >= 0.3 is 0 Å². The fourth-order valence-corrected chi connectivity index (χ4v) is 2.12. The van der Waals surface area contributed by atoms with Crippen LogP contribution in [0.25, 0.3) is 0 Å². The summed E-state index contributed by atoms with van der Waals surface area (Å²) < 4.78 is 6.77. The van der Waals surface area contributed by atoms with Crippen molar-refractivity contribution in [1.29, 1.82) is 0 Å². The summed E-state index contributed by atoms with van der Waals surface area (Å²) in [6.07, 6.45) is 0.884. The molecular formula is C14H26N4O2. The van der Waals surface area contributed by atoms with Crippen LogP contribution in [0, 0.1) is 6.92 Å². The second kappa shape index (κ2) is 7.28. The molecule has 1 aromatic heterocycles. The smallest absolute Gasteiger partial charge is 0.274 e. The van der Waals surface area contributed by atoms with Crippen LogP contribution < -0.4 is 5.73 Å². The van der Waals surface area contributed by atoms with Crippen molar-refractivity contribution in [2.45, 2.75) is 46.7 Å². The van der Waals surface area contributed by atoms with Gasteiger partial charge in [0.05, 0.1) is 18.0 Å². The zero-order valence-corrected chi connectivity index (χ0v) is 13.1. The fourth-order valence-electron chi connectivity index (χ4n) is 2.12. The van der Waals surface area contributed by atoms with Crippen LogP contribution in [0.2, 0.25) is 0 Å². The molecule has 114 valence electrons. The van der Waals surface area contributed by atoms with E-state index in [1.165, 1.54) is 0 Å². The SMILES string of the molecule is CCC(C)N(CCOC)C(=O)c1c(N)c(C)nn1CC. The lowest BCUT2D eigenvalue weighted by molar-refractivity contribution is 0.0603. The third-order valence-corrected chi connectivity index (χ3v) is 3.60. The highest BCUT2D eigenvalue weighted by atomic mass is 16.5. The number of carbonyl (C=O) groups excluding carboxylic acids is 1. The van der Waals surface area contributed by atoms with Crippen LogP contribution in [0.1, 0.15) is 43.4 Å². The summed E-state index contributed by atoms with van der Waals surface area (Å²) in [6.45, 7) is 9.55. The Hall–Kier alpha value is -1.56. The van der Waals surface area contributed by atoms with Gasteiger partial charge in [-0.15, -0.1) is 0 Å². The lowest BCUT2D eigenvalue weighted by atomic mass is 10.2. The summed E-state index contributed by atoms with van der Waals surface area (Å²) in [5.41, 5.74) is 7.69. The van der Waals surface area contributed by atoms with Crippen LogP contribution >= 0.6 is 0 Å². The largest absolute Gasteiger partial charge is 0.395 e. The molecule has 1 unspecified atom stereocenters. The van der Waals surface area contributed by atoms with Gasteiger partial charge in [0.2, 0.25) is 0 Å². The van der Waals surface area contributed by atoms with Gasteiger partial charge in [-0.1, -0.05) is 6.92 Å². The molecule has 0 spiro atoms. The van der Waals surface area contributed by atoms with Crippen LogP contribution in [-0.2, 0) is 11.3 Å². The Balaban J connectivity index is 3.11. The van der Waals surface area contributed by atoms with Gasteiger partial charge in [0.1, 0.15) is 5.69 Å². The molecule has 0 fully saturated rings. The first-order valence-electron chi connectivity index (χ1n) is 7.10. The number of nitrogens with zero attached hydrogens (tertiary/aromatic N) is 3. The zero-order valence-electron chi connectivity index (χ0n) is 13.1. The molecule has 0 aliphatic heterocycles. The van der Waals surface area contributed by atoms with E-state index in [0.717, 1.165) is 6.42 Å². The summed E-state index contributed by atoms with van der Waals surface area (Å²) in [5.74, 6) is -0.0728. The molecule has 0 radical (unpaired) electrons. The molecule has 1 heterocycles. The number of nitrogens with two attached hydrogens (primary N) is 1. The van der Waals surface area contributed by atoms with Crippen LogP contribution in [-0.4, -0.2) is 46.9 Å². The minimum Gasteiger partial charge on any atom is -0.395 e. The molecule has 0 bridgehead atoms. The van der Waals surface area contributed by atoms with Crippen LogP contribution in [0.15, 0.2) is 0 Å². The first-order valence-corrected chi connectivity index (χ1v) is 7.10. The van der Waals surface area contributed by atoms with Crippen molar-refractivity contribution in [3.63, 3.8) is 0 Å². The summed E-state index contributed by atoms with van der Waals surface area (Å²) in [6, 6.07) is 0.137. The normalized spacial score (nSPS) is 12.4. The maximum atomic E-state index is 12.8. The molecule has 1 amide bonds. The van der Waals surface area contributed by atoms with E-state index in [9.17, 15) is 4.79 Å². The monoisotopic (exact) mass is 282 g/mol. The summed E-state index contributed by atoms with van der Waals surface area (Å²) >= 11 is 0. The van der Waals surface area contributed by atoms with Gasteiger partial charge in [0.25, 0.3) is 5.91 Å². The van der Waals surface area contributed by atoms with Gasteiger partial charge in [0.15, 0.2) is 0 Å². The number of ether oxygens (including phenoxy) is 1. The van der Waals surface area contributed by atoms with Crippen LogP contribution in [0.3, 0.4) is 0 Å². The Morgan fingerprint density at radius 1 is 1.50 bits per heavy atom. The number of hydrogen-bond acceptors (Lipinski definition) is 4. The van der Waals surface area contributed by atoms with E-state index in [1.807, 2.05) is 25.7 Å². The second-order valence-corrected chi connectivity index (χ2v) is 4.91. The Morgan fingerprint density at radius 2 is 2.15 bits per heavy atom. The first-order chi connectivity index (χ1) is 9.47. The van der Waals surface area contributed by atoms with E-state index in [2.05, 4.69) is 12.0 Å². The third-order valence-electron chi connectivity index (χ3n) is 3.60. The van der Waals surface area contributed by atoms with E-state index >= 15 is 0 Å². The van der Waals surface area contributed by atoms with Gasteiger partial charge in [-0.2, -0.15) is 5.10 Å². The topological polar surface area (TPSA) is 73.4 Å². The van der Waals surface area contributed by atoms with Crippen LogP contribution in [0.4, 0.5) is 5.69 Å². The fraction of sp³-hybridized carbons (Fsp3) is 0.714. The molecule has 0 saturated carbocycles. The highest BCUT2D eigenvalue weighted by molar-refractivity contribution is 5.98. The van der Waals surface area contributed by atoms with E-state index in [-0.39, 0.29) is 11.9 Å². The van der Waals surface area contributed by atoms with Crippen molar-refractivity contribution < 1.29 is 9.53 Å². The molecule has 6 heteroatoms. The average molecular weight is 282 g/mol. The van der Waals surface area contributed by atoms with Gasteiger partial charge < -0.3 is 15.4 Å². The quantitative estimate of drug-likeness (QED) is 0.825. The number of rotatable bonds is 7. The predicted molar refractivity (Wildman–Crippen MR) is 79.7 cm³/mol. The molecule has 0 aliphatic rings. The molecule has 2 N–H and O–H groups in total. The number of anilines is 1. The third kappa shape index (κ3) is 3.30. The number of hydrogen-bond donors (Lipinski definition) is 1. The Labute approximate surface area is 120 Å². The number of methoxy groups -OCH3 is 1. The molecule has 1 aromatic rings. The number of nitrogen functional groups attached to an aromatic ring is 1. The van der Waals surface area contributed by atoms with Gasteiger partial charge in [-0.3, -0.25) is 9.48 Å². The van der Waals surface area contributed by atoms with Crippen molar-refractivity contribution in [1.82, 2.24) is 14.7 Å². The van der Waals surface area contributed by atoms with Gasteiger partial charge in [0, 0.05) is 26.2 Å². The highest BCUT2D eigenvalue weighted by Crippen LogP contribution is 2.20. The Kier molecular flexibility index (Phi) is 6.01. The molecule has 20 heavy (non-hydrogen) atoms. The standard InChI is InChI=1S/C14H26N4O2/c1-6-10(3)17(8-9-20-5)14(19)13-12(15)11(4)16-18(13)7-2/h10H,6-9,15H2,1-5H3. The summed E-state index contributed by atoms with van der Waals surface area (Å²) in [7, 11) is 1.63. The molecular weight excluding hydrogens is 256 g/mol. The lowest BCUT2D eigenvalue weighted by Crippen LogP contribution is -2.41. The minimum atomic E-state index is -0.0728. The molecule has 1 atom stereocenters. The maximum absolute atomic E-state index is 12.8. The number of aryl methyl sites for hydroxylation is 2. The van der Waals surface area contributed by atoms with Crippen molar-refractivity contribution >= 4 is 11.6 Å². The molecule has 0 aromatic carbocycles. The Bertz CT molecular complexity index is 456. The molecule has 0 saturated heterocycles. The lowest BCUT2D eigenvalue weighted by Gasteiger charge is -2.28. The number of amides is 1. The summed E-state index contributed by atoms with van der Waals surface area (Å²) in [4.78, 5) is 14.6. The van der Waals surface area contributed by atoms with Crippen molar-refractivity contribution in [2.75, 3.05) is 26.0 Å². The maximum Gasteiger partial charge on any atom is 0.274 e. The molecule has 1 rings (SSSR count). The van der Waals surface area contributed by atoms with E-state index in [1.54, 1.807) is 11.8 Å². The first kappa shape index (κ1) is 16.5. The molecule has 6 nitrogen and oxygen atoms in total. The van der Waals surface area contributed by atoms with Crippen molar-refractivity contribution in [3.05, 3.63) is 11.4 Å². The second-order valence-electron chi connectivity index (χ2n) is 4.91. The van der Waals surface area contributed by atoms with Gasteiger partial charge in [-0.25, -0.2) is 0 Å². The Morgan fingerprint density at radius 3 is 2.65 bits per heavy atom. The number of aromatic nitrogens is 2.